The number of rotatable bonds is 7. The number of carbonyl (C=O) groups is 2. The minimum absolute atomic E-state index is 0.0476. The summed E-state index contributed by atoms with van der Waals surface area (Å²) in [7, 11) is 0. The standard InChI is InChI=1S/C22H18Cl2F5NO3/c1-11(22(27,28)29)17(13-3-5-14(23)6-4-13)18(31)30-16-8-12(2-7-15(16)24)9-20(19(32)33)10-21(20,25)26/h2-8,11,17H,9-10H2,1H3,(H,30,31)(H,32,33). The van der Waals surface area contributed by atoms with Crippen molar-refractivity contribution < 1.29 is 36.6 Å². The van der Waals surface area contributed by atoms with Crippen LogP contribution in [0.4, 0.5) is 27.6 Å². The van der Waals surface area contributed by atoms with Crippen molar-refractivity contribution in [2.75, 3.05) is 5.32 Å². The minimum atomic E-state index is -4.70. The van der Waals surface area contributed by atoms with Gasteiger partial charge in [0.25, 0.3) is 5.92 Å². The number of carboxylic acids is 1. The molecule has 0 bridgehead atoms. The zero-order valence-electron chi connectivity index (χ0n) is 17.0. The molecule has 0 radical (unpaired) electrons. The number of alkyl halides is 5. The molecule has 2 N–H and O–H groups in total. The van der Waals surface area contributed by atoms with Crippen LogP contribution >= 0.6 is 23.2 Å². The molecule has 0 aromatic heterocycles. The van der Waals surface area contributed by atoms with E-state index in [0.29, 0.717) is 0 Å². The molecule has 3 unspecified atom stereocenters. The van der Waals surface area contributed by atoms with Gasteiger partial charge in [-0.1, -0.05) is 48.3 Å². The second-order valence-corrected chi connectivity index (χ2v) is 8.95. The van der Waals surface area contributed by atoms with Crippen LogP contribution in [0.3, 0.4) is 0 Å². The highest BCUT2D eigenvalue weighted by atomic mass is 35.5. The van der Waals surface area contributed by atoms with Crippen molar-refractivity contribution >= 4 is 40.8 Å². The molecule has 2 aromatic carbocycles. The van der Waals surface area contributed by atoms with E-state index in [-0.39, 0.29) is 26.9 Å². The van der Waals surface area contributed by atoms with Crippen LogP contribution in [0.2, 0.25) is 10.0 Å². The molecule has 3 atom stereocenters. The number of carboxylic acid groups (broad SMARTS) is 1. The number of anilines is 1. The second-order valence-electron chi connectivity index (χ2n) is 8.11. The first-order valence-corrected chi connectivity index (χ1v) is 10.5. The lowest BCUT2D eigenvalue weighted by molar-refractivity contribution is -0.178. The molecule has 0 spiro atoms. The zero-order chi connectivity index (χ0) is 24.8. The van der Waals surface area contributed by atoms with Crippen LogP contribution in [0, 0.1) is 11.3 Å². The summed E-state index contributed by atoms with van der Waals surface area (Å²) in [6, 6.07) is 9.09. The van der Waals surface area contributed by atoms with E-state index in [9.17, 15) is 36.6 Å². The van der Waals surface area contributed by atoms with Crippen LogP contribution in [0.25, 0.3) is 0 Å². The van der Waals surface area contributed by atoms with Gasteiger partial charge < -0.3 is 10.4 Å². The Bertz CT molecular complexity index is 1070. The Balaban J connectivity index is 1.90. The number of hydrogen-bond acceptors (Lipinski definition) is 2. The molecule has 1 aliphatic rings. The van der Waals surface area contributed by atoms with Crippen molar-refractivity contribution in [1.29, 1.82) is 0 Å². The lowest BCUT2D eigenvalue weighted by atomic mass is 9.85. The first-order valence-electron chi connectivity index (χ1n) is 9.71. The van der Waals surface area contributed by atoms with E-state index in [4.69, 9.17) is 23.2 Å². The molecular weight excluding hydrogens is 492 g/mol. The van der Waals surface area contributed by atoms with Crippen molar-refractivity contribution in [2.45, 2.75) is 37.8 Å². The predicted octanol–water partition coefficient (Wildman–Crippen LogP) is 6.57. The summed E-state index contributed by atoms with van der Waals surface area (Å²) in [6.45, 7) is 0.864. The van der Waals surface area contributed by atoms with Gasteiger partial charge in [-0.05, 0) is 41.8 Å². The molecule has 4 nitrogen and oxygen atoms in total. The monoisotopic (exact) mass is 509 g/mol. The largest absolute Gasteiger partial charge is 0.481 e. The van der Waals surface area contributed by atoms with Gasteiger partial charge >= 0.3 is 12.1 Å². The molecule has 11 heteroatoms. The predicted molar refractivity (Wildman–Crippen MR) is 113 cm³/mol. The number of amides is 1. The third-order valence-electron chi connectivity index (χ3n) is 5.83. The van der Waals surface area contributed by atoms with Crippen molar-refractivity contribution in [3.63, 3.8) is 0 Å². The minimum Gasteiger partial charge on any atom is -0.481 e. The van der Waals surface area contributed by atoms with Crippen LogP contribution in [-0.4, -0.2) is 29.1 Å². The lowest BCUT2D eigenvalue weighted by Crippen LogP contribution is -2.34. The van der Waals surface area contributed by atoms with Crippen LogP contribution in [0.1, 0.15) is 30.4 Å². The Morgan fingerprint density at radius 3 is 2.18 bits per heavy atom. The molecule has 0 aliphatic heterocycles. The molecule has 178 valence electrons. The van der Waals surface area contributed by atoms with Crippen LogP contribution < -0.4 is 5.32 Å². The quantitative estimate of drug-likeness (QED) is 0.415. The Morgan fingerprint density at radius 1 is 1.12 bits per heavy atom. The number of hydrogen-bond donors (Lipinski definition) is 2. The highest BCUT2D eigenvalue weighted by Crippen LogP contribution is 2.62. The van der Waals surface area contributed by atoms with Gasteiger partial charge in [0.05, 0.1) is 22.5 Å². The summed E-state index contributed by atoms with van der Waals surface area (Å²) in [4.78, 5) is 24.3. The highest BCUT2D eigenvalue weighted by molar-refractivity contribution is 6.33. The maximum Gasteiger partial charge on any atom is 0.392 e. The van der Waals surface area contributed by atoms with Crippen molar-refractivity contribution in [3.05, 3.63) is 63.6 Å². The first-order chi connectivity index (χ1) is 15.2. The number of benzene rings is 2. The van der Waals surface area contributed by atoms with E-state index in [1.54, 1.807) is 0 Å². The molecule has 0 heterocycles. The summed E-state index contributed by atoms with van der Waals surface area (Å²) in [5.74, 6) is -9.79. The van der Waals surface area contributed by atoms with Gasteiger partial charge in [0.2, 0.25) is 5.91 Å². The molecule has 1 fully saturated rings. The van der Waals surface area contributed by atoms with Crippen molar-refractivity contribution in [2.24, 2.45) is 11.3 Å². The average Bonchev–Trinajstić information content (AvgIpc) is 3.27. The van der Waals surface area contributed by atoms with Crippen LogP contribution in [0.15, 0.2) is 42.5 Å². The number of aliphatic carboxylic acids is 1. The van der Waals surface area contributed by atoms with Gasteiger partial charge in [0.15, 0.2) is 0 Å². The maximum atomic E-state index is 13.7. The topological polar surface area (TPSA) is 66.4 Å². The summed E-state index contributed by atoms with van der Waals surface area (Å²) in [5, 5.41) is 11.8. The Labute approximate surface area is 195 Å². The Morgan fingerprint density at radius 2 is 1.70 bits per heavy atom. The number of nitrogens with one attached hydrogen (secondary N) is 1. The van der Waals surface area contributed by atoms with E-state index in [1.165, 1.54) is 42.5 Å². The van der Waals surface area contributed by atoms with Gasteiger partial charge in [-0.25, -0.2) is 8.78 Å². The number of halogens is 7. The summed E-state index contributed by atoms with van der Waals surface area (Å²) < 4.78 is 67.9. The fourth-order valence-corrected chi connectivity index (χ4v) is 3.99. The molecule has 2 aromatic rings. The maximum absolute atomic E-state index is 13.7. The van der Waals surface area contributed by atoms with Crippen LogP contribution in [-0.2, 0) is 16.0 Å². The zero-order valence-corrected chi connectivity index (χ0v) is 18.5. The van der Waals surface area contributed by atoms with Crippen molar-refractivity contribution in [1.82, 2.24) is 0 Å². The van der Waals surface area contributed by atoms with E-state index >= 15 is 0 Å². The molecule has 1 aliphatic carbocycles. The average molecular weight is 510 g/mol. The van der Waals surface area contributed by atoms with Gasteiger partial charge in [0.1, 0.15) is 5.41 Å². The van der Waals surface area contributed by atoms with Crippen molar-refractivity contribution in [3.8, 4) is 0 Å². The summed E-state index contributed by atoms with van der Waals surface area (Å²) >= 11 is 11.9. The molecule has 3 rings (SSSR count). The van der Waals surface area contributed by atoms with Gasteiger partial charge in [-0.3, -0.25) is 9.59 Å². The smallest absolute Gasteiger partial charge is 0.392 e. The fraction of sp³-hybridized carbons (Fsp3) is 0.364. The normalized spacial score (nSPS) is 21.2. The van der Waals surface area contributed by atoms with Gasteiger partial charge in [0, 0.05) is 11.4 Å². The SMILES string of the molecule is CC(C(C(=O)Nc1cc(CC2(C(=O)O)CC2(F)F)ccc1Cl)c1ccc(Cl)cc1)C(F)(F)F. The second kappa shape index (κ2) is 8.76. The molecule has 33 heavy (non-hydrogen) atoms. The molecular formula is C22H18Cl2F5NO3. The summed E-state index contributed by atoms with van der Waals surface area (Å²) in [6.07, 6.45) is -6.06. The molecule has 0 saturated heterocycles. The third kappa shape index (κ3) is 5.09. The lowest BCUT2D eigenvalue weighted by Gasteiger charge is -2.26. The third-order valence-corrected chi connectivity index (χ3v) is 6.41. The van der Waals surface area contributed by atoms with Gasteiger partial charge in [-0.15, -0.1) is 0 Å². The Kier molecular flexibility index (Phi) is 6.70. The molecule has 1 amide bonds. The van der Waals surface area contributed by atoms with E-state index in [1.807, 2.05) is 0 Å². The Hall–Kier alpha value is -2.39. The van der Waals surface area contributed by atoms with E-state index in [2.05, 4.69) is 5.32 Å². The number of carbonyl (C=O) groups excluding carboxylic acids is 1. The van der Waals surface area contributed by atoms with E-state index < -0.39 is 54.1 Å². The van der Waals surface area contributed by atoms with Gasteiger partial charge in [-0.2, -0.15) is 13.2 Å². The first kappa shape index (κ1) is 25.2. The van der Waals surface area contributed by atoms with Crippen LogP contribution in [0.5, 0.6) is 0 Å². The van der Waals surface area contributed by atoms with E-state index in [0.717, 1.165) is 6.92 Å². The fourth-order valence-electron chi connectivity index (χ4n) is 3.70. The summed E-state index contributed by atoms with van der Waals surface area (Å²) in [5.41, 5.74) is -2.17. The highest BCUT2D eigenvalue weighted by Gasteiger charge is 2.76. The molecule has 1 saturated carbocycles.